The number of piperidine rings is 1. The fraction of sp³-hybridized carbons (Fsp3) is 0.520. The molecule has 2 aliphatic heterocycles. The van der Waals surface area contributed by atoms with Crippen LogP contribution in [0.25, 0.3) is 11.8 Å². The zero-order chi connectivity index (χ0) is 21.2. The molecular formula is C25H32N4O2. The van der Waals surface area contributed by atoms with Gasteiger partial charge in [0.25, 0.3) is 0 Å². The smallest absolute Gasteiger partial charge is 0.171 e. The summed E-state index contributed by atoms with van der Waals surface area (Å²) in [5.41, 5.74) is 4.36. The Balaban J connectivity index is 1.41. The minimum absolute atomic E-state index is 0.470. The predicted molar refractivity (Wildman–Crippen MR) is 123 cm³/mol. The van der Waals surface area contributed by atoms with Crippen LogP contribution in [0.1, 0.15) is 56.2 Å². The number of nitrogens with zero attached hydrogens (tertiary/aromatic N) is 4. The van der Waals surface area contributed by atoms with E-state index >= 15 is 0 Å². The van der Waals surface area contributed by atoms with Crippen molar-refractivity contribution in [1.82, 2.24) is 14.5 Å². The Morgan fingerprint density at radius 1 is 1.16 bits per heavy atom. The summed E-state index contributed by atoms with van der Waals surface area (Å²) in [4.78, 5) is 12.6. The molecule has 1 saturated carbocycles. The Kier molecular flexibility index (Phi) is 5.70. The van der Waals surface area contributed by atoms with Crippen molar-refractivity contribution in [2.24, 2.45) is 11.1 Å². The number of aryl methyl sites for hydroxylation is 1. The van der Waals surface area contributed by atoms with Gasteiger partial charge in [0.1, 0.15) is 12.4 Å². The van der Waals surface area contributed by atoms with Gasteiger partial charge in [0.2, 0.25) is 0 Å². The van der Waals surface area contributed by atoms with Gasteiger partial charge in [0, 0.05) is 12.7 Å². The molecule has 1 aromatic heterocycles. The number of fused-ring (bicyclic) bond motifs is 1. The van der Waals surface area contributed by atoms with Gasteiger partial charge in [-0.25, -0.2) is 4.98 Å². The normalized spacial score (nSPS) is 23.3. The third-order valence-corrected chi connectivity index (χ3v) is 6.93. The highest BCUT2D eigenvalue weighted by Crippen LogP contribution is 2.35. The molecule has 31 heavy (non-hydrogen) atoms. The first-order valence-corrected chi connectivity index (χ1v) is 11.6. The van der Waals surface area contributed by atoms with Crippen LogP contribution in [0, 0.1) is 12.8 Å². The molecule has 0 N–H and O–H groups in total. The fourth-order valence-corrected chi connectivity index (χ4v) is 5.34. The zero-order valence-corrected chi connectivity index (χ0v) is 18.6. The van der Waals surface area contributed by atoms with E-state index in [1.54, 1.807) is 7.11 Å². The maximum atomic E-state index is 5.77. The Bertz CT molecular complexity index is 987. The summed E-state index contributed by atoms with van der Waals surface area (Å²) >= 11 is 0. The first kappa shape index (κ1) is 20.2. The standard InChI is InChI=1S/C25H32N4O2/c1-18-15-28(17-26-18)22-11-10-19(14-24(22)30-2)13-21-9-6-12-29-23(16-31-27-25(21)29)20-7-4-3-5-8-20/h10-11,13-15,17,20,23H,3-9,12,16H2,1-2H3/b21-13+/t23-/m1/s1. The van der Waals surface area contributed by atoms with E-state index in [-0.39, 0.29) is 0 Å². The van der Waals surface area contributed by atoms with Crippen LogP contribution in [0.2, 0.25) is 0 Å². The molecule has 0 amide bonds. The third-order valence-electron chi connectivity index (χ3n) is 6.93. The van der Waals surface area contributed by atoms with Crippen molar-refractivity contribution in [3.05, 3.63) is 47.6 Å². The van der Waals surface area contributed by atoms with Gasteiger partial charge in [-0.2, -0.15) is 0 Å². The second kappa shape index (κ2) is 8.77. The molecule has 6 nitrogen and oxygen atoms in total. The number of amidine groups is 1. The molecule has 164 valence electrons. The summed E-state index contributed by atoms with van der Waals surface area (Å²) in [5, 5.41) is 4.52. The number of oxime groups is 1. The number of rotatable bonds is 4. The van der Waals surface area contributed by atoms with Crippen LogP contribution in [0.15, 0.2) is 41.5 Å². The third kappa shape index (κ3) is 4.08. The molecule has 0 bridgehead atoms. The SMILES string of the molecule is COc1cc(/C=C2\CCCN3C2=NOC[C@@H]3C2CCCCC2)ccc1-n1cnc(C)c1. The molecule has 2 aromatic rings. The molecule has 3 heterocycles. The Hall–Kier alpha value is -2.76. The van der Waals surface area contributed by atoms with E-state index in [1.807, 2.05) is 24.0 Å². The maximum absolute atomic E-state index is 5.77. The molecule has 0 radical (unpaired) electrons. The molecule has 2 fully saturated rings. The number of hydrogen-bond donors (Lipinski definition) is 0. The highest BCUT2D eigenvalue weighted by molar-refractivity contribution is 6.02. The summed E-state index contributed by atoms with van der Waals surface area (Å²) in [7, 11) is 1.72. The van der Waals surface area contributed by atoms with E-state index in [2.05, 4.69) is 39.3 Å². The second-order valence-electron chi connectivity index (χ2n) is 9.00. The van der Waals surface area contributed by atoms with E-state index in [0.717, 1.165) is 60.4 Å². The predicted octanol–water partition coefficient (Wildman–Crippen LogP) is 4.96. The highest BCUT2D eigenvalue weighted by Gasteiger charge is 2.36. The van der Waals surface area contributed by atoms with Gasteiger partial charge in [0.05, 0.1) is 30.9 Å². The van der Waals surface area contributed by atoms with Gasteiger partial charge in [0.15, 0.2) is 5.84 Å². The molecule has 1 atom stereocenters. The Morgan fingerprint density at radius 2 is 2.03 bits per heavy atom. The molecule has 5 rings (SSSR count). The summed E-state index contributed by atoms with van der Waals surface area (Å²) in [6, 6.07) is 6.80. The number of ether oxygens (including phenoxy) is 1. The van der Waals surface area contributed by atoms with Crippen molar-refractivity contribution in [2.75, 3.05) is 20.3 Å². The Labute approximate surface area is 184 Å². The maximum Gasteiger partial charge on any atom is 0.171 e. The molecule has 3 aliphatic rings. The number of methoxy groups -OCH3 is 1. The van der Waals surface area contributed by atoms with Crippen LogP contribution in [0.3, 0.4) is 0 Å². The van der Waals surface area contributed by atoms with Gasteiger partial charge in [-0.3, -0.25) is 0 Å². The van der Waals surface area contributed by atoms with Crippen LogP contribution in [0.4, 0.5) is 0 Å². The van der Waals surface area contributed by atoms with Crippen molar-refractivity contribution in [3.63, 3.8) is 0 Å². The molecule has 1 aliphatic carbocycles. The van der Waals surface area contributed by atoms with Gasteiger partial charge < -0.3 is 19.0 Å². The van der Waals surface area contributed by atoms with Gasteiger partial charge >= 0.3 is 0 Å². The molecular weight excluding hydrogens is 388 g/mol. The van der Waals surface area contributed by atoms with Crippen molar-refractivity contribution in [3.8, 4) is 11.4 Å². The topological polar surface area (TPSA) is 51.9 Å². The first-order valence-electron chi connectivity index (χ1n) is 11.6. The largest absolute Gasteiger partial charge is 0.495 e. The quantitative estimate of drug-likeness (QED) is 0.701. The lowest BCUT2D eigenvalue weighted by Crippen LogP contribution is -2.52. The second-order valence-corrected chi connectivity index (χ2v) is 9.00. The van der Waals surface area contributed by atoms with Crippen molar-refractivity contribution >= 4 is 11.9 Å². The minimum atomic E-state index is 0.470. The van der Waals surface area contributed by atoms with Gasteiger partial charge in [-0.05, 0) is 67.9 Å². The molecule has 1 saturated heterocycles. The lowest BCUT2D eigenvalue weighted by atomic mass is 9.82. The monoisotopic (exact) mass is 420 g/mol. The molecule has 0 unspecified atom stereocenters. The van der Waals surface area contributed by atoms with Crippen LogP contribution in [-0.4, -0.2) is 46.6 Å². The van der Waals surface area contributed by atoms with E-state index < -0.39 is 0 Å². The summed E-state index contributed by atoms with van der Waals surface area (Å²) in [6.45, 7) is 3.81. The Morgan fingerprint density at radius 3 is 2.81 bits per heavy atom. The van der Waals surface area contributed by atoms with Gasteiger partial charge in [-0.1, -0.05) is 30.5 Å². The minimum Gasteiger partial charge on any atom is -0.495 e. The van der Waals surface area contributed by atoms with Crippen molar-refractivity contribution in [1.29, 1.82) is 0 Å². The van der Waals surface area contributed by atoms with Crippen LogP contribution < -0.4 is 4.74 Å². The molecule has 1 aromatic carbocycles. The van der Waals surface area contributed by atoms with Crippen molar-refractivity contribution in [2.45, 2.75) is 57.9 Å². The summed E-state index contributed by atoms with van der Waals surface area (Å²) in [6.07, 6.45) is 15.0. The molecule has 6 heteroatoms. The zero-order valence-electron chi connectivity index (χ0n) is 18.6. The average molecular weight is 421 g/mol. The summed E-state index contributed by atoms with van der Waals surface area (Å²) < 4.78 is 7.70. The number of imidazole rings is 1. The lowest BCUT2D eigenvalue weighted by molar-refractivity contribution is 0.0243. The lowest BCUT2D eigenvalue weighted by Gasteiger charge is -2.44. The van der Waals surface area contributed by atoms with E-state index in [4.69, 9.17) is 9.57 Å². The van der Waals surface area contributed by atoms with Gasteiger partial charge in [-0.15, -0.1) is 0 Å². The van der Waals surface area contributed by atoms with Crippen LogP contribution in [0.5, 0.6) is 5.75 Å². The van der Waals surface area contributed by atoms with E-state index in [1.165, 1.54) is 37.7 Å². The van der Waals surface area contributed by atoms with Crippen LogP contribution >= 0.6 is 0 Å². The highest BCUT2D eigenvalue weighted by atomic mass is 16.6. The van der Waals surface area contributed by atoms with E-state index in [0.29, 0.717) is 6.04 Å². The number of aromatic nitrogens is 2. The fourth-order valence-electron chi connectivity index (χ4n) is 5.34. The van der Waals surface area contributed by atoms with E-state index in [9.17, 15) is 0 Å². The summed E-state index contributed by atoms with van der Waals surface area (Å²) in [5.74, 6) is 2.61. The average Bonchev–Trinajstić information content (AvgIpc) is 3.25. The van der Waals surface area contributed by atoms with Crippen molar-refractivity contribution < 1.29 is 9.57 Å². The molecule has 0 spiro atoms. The van der Waals surface area contributed by atoms with Crippen LogP contribution in [-0.2, 0) is 4.84 Å². The number of hydrogen-bond acceptors (Lipinski definition) is 5. The first-order chi connectivity index (χ1) is 15.2. The number of benzene rings is 1.